The van der Waals surface area contributed by atoms with E-state index < -0.39 is 5.54 Å². The fraction of sp³-hybridized carbons (Fsp3) is 0.367. The van der Waals surface area contributed by atoms with Crippen LogP contribution in [0.15, 0.2) is 60.7 Å². The first-order valence-corrected chi connectivity index (χ1v) is 12.4. The van der Waals surface area contributed by atoms with Crippen LogP contribution >= 0.6 is 0 Å². The van der Waals surface area contributed by atoms with Gasteiger partial charge in [-0.1, -0.05) is 36.4 Å². The number of carbonyl (C=O) groups is 1. The summed E-state index contributed by atoms with van der Waals surface area (Å²) in [5.41, 5.74) is 3.79. The van der Waals surface area contributed by atoms with Crippen LogP contribution in [0.4, 0.5) is 0 Å². The molecule has 0 radical (unpaired) electrons. The lowest BCUT2D eigenvalue weighted by molar-refractivity contribution is -0.145. The lowest BCUT2D eigenvalue weighted by Gasteiger charge is -2.41. The summed E-state index contributed by atoms with van der Waals surface area (Å²) in [5, 5.41) is 3.75. The maximum Gasteiger partial charge on any atom is 0.306 e. The molecule has 1 aliphatic heterocycles. The van der Waals surface area contributed by atoms with Crippen LogP contribution in [0.25, 0.3) is 0 Å². The molecule has 3 aromatic carbocycles. The number of esters is 1. The molecule has 1 heterocycles. The molecule has 7 nitrogen and oxygen atoms in total. The van der Waals surface area contributed by atoms with Crippen molar-refractivity contribution in [2.24, 2.45) is 0 Å². The molecule has 7 heteroatoms. The smallest absolute Gasteiger partial charge is 0.306 e. The third-order valence-corrected chi connectivity index (χ3v) is 6.94. The van der Waals surface area contributed by atoms with Crippen LogP contribution in [-0.4, -0.2) is 41.0 Å². The number of rotatable bonds is 11. The van der Waals surface area contributed by atoms with E-state index in [9.17, 15) is 4.79 Å². The molecule has 0 saturated heterocycles. The predicted molar refractivity (Wildman–Crippen MR) is 142 cm³/mol. The summed E-state index contributed by atoms with van der Waals surface area (Å²) < 4.78 is 27.8. The fourth-order valence-electron chi connectivity index (χ4n) is 5.04. The molecular formula is C30H35NO6. The first-order valence-electron chi connectivity index (χ1n) is 12.4. The molecule has 0 saturated carbocycles. The van der Waals surface area contributed by atoms with Crippen molar-refractivity contribution in [1.82, 2.24) is 5.32 Å². The molecule has 3 aromatic rings. The molecule has 0 amide bonds. The zero-order valence-electron chi connectivity index (χ0n) is 22.0. The van der Waals surface area contributed by atoms with E-state index in [2.05, 4.69) is 5.32 Å². The van der Waals surface area contributed by atoms with E-state index in [1.807, 2.05) is 60.7 Å². The minimum atomic E-state index is -0.515. The monoisotopic (exact) mass is 505 g/mol. The van der Waals surface area contributed by atoms with E-state index in [1.165, 1.54) is 5.56 Å². The van der Waals surface area contributed by atoms with Crippen LogP contribution in [0.2, 0.25) is 0 Å². The maximum absolute atomic E-state index is 12.8. The summed E-state index contributed by atoms with van der Waals surface area (Å²) in [6.45, 7) is 1.03. The number of nitrogens with one attached hydrogen (secondary N) is 1. The summed E-state index contributed by atoms with van der Waals surface area (Å²) in [7, 11) is 6.53. The van der Waals surface area contributed by atoms with Gasteiger partial charge in [0.25, 0.3) is 0 Å². The van der Waals surface area contributed by atoms with E-state index in [1.54, 1.807) is 28.4 Å². The molecule has 1 atom stereocenters. The first kappa shape index (κ1) is 26.4. The van der Waals surface area contributed by atoms with Crippen molar-refractivity contribution in [3.63, 3.8) is 0 Å². The Kier molecular flexibility index (Phi) is 8.56. The largest absolute Gasteiger partial charge is 0.493 e. The number of hydrogen-bond donors (Lipinski definition) is 1. The average molecular weight is 506 g/mol. The lowest BCUT2D eigenvalue weighted by Crippen LogP contribution is -2.49. The van der Waals surface area contributed by atoms with Gasteiger partial charge in [0.05, 0.1) is 28.4 Å². The van der Waals surface area contributed by atoms with E-state index >= 15 is 0 Å². The van der Waals surface area contributed by atoms with E-state index in [-0.39, 0.29) is 19.0 Å². The standard InChI is InChI=1S/C30H35NO6/c1-33-25-11-10-22(16-26(25)34-2)19-30(14-12-29(32)37-20-21-8-6-5-7-9-21)24-18-28(36-4)27(35-3)17-23(24)13-15-31-30/h5-11,16-18,31H,12-15,19-20H2,1-4H3. The van der Waals surface area contributed by atoms with Gasteiger partial charge in [-0.15, -0.1) is 0 Å². The number of fused-ring (bicyclic) bond motifs is 1. The van der Waals surface area contributed by atoms with Crippen molar-refractivity contribution in [3.05, 3.63) is 82.9 Å². The van der Waals surface area contributed by atoms with Gasteiger partial charge in [-0.2, -0.15) is 0 Å². The highest BCUT2D eigenvalue weighted by atomic mass is 16.5. The molecular weight excluding hydrogens is 470 g/mol. The Morgan fingerprint density at radius 1 is 0.811 bits per heavy atom. The second kappa shape index (κ2) is 12.0. The van der Waals surface area contributed by atoms with Crippen molar-refractivity contribution >= 4 is 5.97 Å². The molecule has 0 aromatic heterocycles. The quantitative estimate of drug-likeness (QED) is 0.374. The second-order valence-electron chi connectivity index (χ2n) is 9.14. The molecule has 0 aliphatic carbocycles. The zero-order chi connectivity index (χ0) is 26.3. The van der Waals surface area contributed by atoms with Gasteiger partial charge in [0.1, 0.15) is 6.61 Å². The van der Waals surface area contributed by atoms with Crippen molar-refractivity contribution < 1.29 is 28.5 Å². The van der Waals surface area contributed by atoms with Gasteiger partial charge in [-0.25, -0.2) is 0 Å². The first-order chi connectivity index (χ1) is 18.0. The highest BCUT2D eigenvalue weighted by Gasteiger charge is 2.38. The summed E-state index contributed by atoms with van der Waals surface area (Å²) >= 11 is 0. The Bertz CT molecular complexity index is 1210. The molecule has 37 heavy (non-hydrogen) atoms. The zero-order valence-corrected chi connectivity index (χ0v) is 22.0. The van der Waals surface area contributed by atoms with Crippen LogP contribution in [0.1, 0.15) is 35.1 Å². The van der Waals surface area contributed by atoms with Gasteiger partial charge < -0.3 is 29.0 Å². The third kappa shape index (κ3) is 6.00. The Labute approximate surface area is 218 Å². The van der Waals surface area contributed by atoms with Crippen molar-refractivity contribution in [2.75, 3.05) is 35.0 Å². The highest BCUT2D eigenvalue weighted by molar-refractivity contribution is 5.69. The molecule has 1 unspecified atom stereocenters. The van der Waals surface area contributed by atoms with E-state index in [0.717, 1.165) is 29.7 Å². The van der Waals surface area contributed by atoms with Crippen molar-refractivity contribution in [3.8, 4) is 23.0 Å². The summed E-state index contributed by atoms with van der Waals surface area (Å²) in [4.78, 5) is 12.8. The van der Waals surface area contributed by atoms with Gasteiger partial charge >= 0.3 is 5.97 Å². The van der Waals surface area contributed by atoms with E-state index in [4.69, 9.17) is 23.7 Å². The SMILES string of the molecule is COc1ccc(CC2(CCC(=O)OCc3ccccc3)NCCc3cc(OC)c(OC)cc32)cc1OC. The van der Waals surface area contributed by atoms with Gasteiger partial charge in [0.2, 0.25) is 0 Å². The minimum Gasteiger partial charge on any atom is -0.493 e. The lowest BCUT2D eigenvalue weighted by atomic mass is 9.75. The molecule has 196 valence electrons. The van der Waals surface area contributed by atoms with Crippen molar-refractivity contribution in [1.29, 1.82) is 0 Å². The predicted octanol–water partition coefficient (Wildman–Crippen LogP) is 4.83. The molecule has 1 aliphatic rings. The van der Waals surface area contributed by atoms with Gasteiger partial charge in [0, 0.05) is 18.5 Å². The summed E-state index contributed by atoms with van der Waals surface area (Å²) in [6, 6.07) is 19.7. The van der Waals surface area contributed by atoms with Crippen LogP contribution in [0.3, 0.4) is 0 Å². The van der Waals surface area contributed by atoms with Crippen molar-refractivity contribution in [2.45, 2.75) is 37.8 Å². The van der Waals surface area contributed by atoms with Crippen LogP contribution in [0.5, 0.6) is 23.0 Å². The van der Waals surface area contributed by atoms with Crippen LogP contribution in [-0.2, 0) is 34.5 Å². The summed E-state index contributed by atoms with van der Waals surface area (Å²) in [5.74, 6) is 2.47. The second-order valence-corrected chi connectivity index (χ2v) is 9.14. The van der Waals surface area contributed by atoms with Crippen LogP contribution < -0.4 is 24.3 Å². The number of methoxy groups -OCH3 is 4. The topological polar surface area (TPSA) is 75.3 Å². The average Bonchev–Trinajstić information content (AvgIpc) is 2.95. The number of hydrogen-bond acceptors (Lipinski definition) is 7. The fourth-order valence-corrected chi connectivity index (χ4v) is 5.04. The minimum absolute atomic E-state index is 0.232. The van der Waals surface area contributed by atoms with Gasteiger partial charge in [-0.05, 0) is 65.8 Å². The van der Waals surface area contributed by atoms with Gasteiger partial charge in [0.15, 0.2) is 23.0 Å². The molecule has 0 bridgehead atoms. The maximum atomic E-state index is 12.8. The summed E-state index contributed by atoms with van der Waals surface area (Å²) in [6.07, 6.45) is 2.31. The Morgan fingerprint density at radius 3 is 2.19 bits per heavy atom. The van der Waals surface area contributed by atoms with Crippen LogP contribution in [0, 0.1) is 0 Å². The number of benzene rings is 3. The highest BCUT2D eigenvalue weighted by Crippen LogP contribution is 2.42. The number of ether oxygens (including phenoxy) is 5. The normalized spacial score (nSPS) is 16.4. The Morgan fingerprint density at radius 2 is 1.49 bits per heavy atom. The Hall–Kier alpha value is -3.71. The van der Waals surface area contributed by atoms with Gasteiger partial charge in [-0.3, -0.25) is 4.79 Å². The molecule has 4 rings (SSSR count). The molecule has 0 spiro atoms. The van der Waals surface area contributed by atoms with E-state index in [0.29, 0.717) is 35.8 Å². The molecule has 1 N–H and O–H groups in total. The Balaban J connectivity index is 1.65. The molecule has 0 fully saturated rings. The third-order valence-electron chi connectivity index (χ3n) is 6.94. The number of carbonyl (C=O) groups excluding carboxylic acids is 1.